The molecule has 1 nitrogen and oxygen atoms in total. The van der Waals surface area contributed by atoms with Gasteiger partial charge in [-0.25, -0.2) is 0 Å². The highest BCUT2D eigenvalue weighted by Crippen LogP contribution is 2.41. The summed E-state index contributed by atoms with van der Waals surface area (Å²) >= 11 is 0. The molecule has 0 aromatic heterocycles. The molecule has 2 unspecified atom stereocenters. The number of rotatable bonds is 1. The molecule has 0 aromatic carbocycles. The average Bonchev–Trinajstić information content (AvgIpc) is 1.96. The smallest absolute Gasteiger partial charge is 0.0608 e. The van der Waals surface area contributed by atoms with Crippen LogP contribution in [0.1, 0.15) is 47.0 Å². The molecule has 0 saturated heterocycles. The maximum absolute atomic E-state index is 9.91. The lowest BCUT2D eigenvalue weighted by atomic mass is 9.67. The van der Waals surface area contributed by atoms with Crippen LogP contribution in [0.25, 0.3) is 0 Å². The van der Waals surface area contributed by atoms with Gasteiger partial charge in [0.25, 0.3) is 0 Å². The quantitative estimate of drug-likeness (QED) is 0.618. The first kappa shape index (κ1) is 10.8. The fraction of sp³-hybridized carbons (Fsp3) is 0.833. The number of hydrogen-bond acceptors (Lipinski definition) is 1. The predicted octanol–water partition coefficient (Wildman–Crippen LogP) is 3.14. The first-order valence-electron chi connectivity index (χ1n) is 5.26. The Morgan fingerprint density at radius 2 is 2.00 bits per heavy atom. The molecule has 1 saturated carbocycles. The second-order valence-electron chi connectivity index (χ2n) is 5.22. The summed E-state index contributed by atoms with van der Waals surface area (Å²) in [6.45, 7) is 8.74. The van der Waals surface area contributed by atoms with Gasteiger partial charge in [0.15, 0.2) is 0 Å². The molecule has 1 heteroatoms. The molecule has 0 bridgehead atoms. The normalized spacial score (nSPS) is 32.7. The fourth-order valence-corrected chi connectivity index (χ4v) is 2.33. The van der Waals surface area contributed by atoms with Gasteiger partial charge in [-0.2, -0.15) is 0 Å². The van der Waals surface area contributed by atoms with Gasteiger partial charge in [0.2, 0.25) is 0 Å². The van der Waals surface area contributed by atoms with Crippen LogP contribution in [0.5, 0.6) is 0 Å². The minimum absolute atomic E-state index is 0.126. The number of hydrogen-bond donors (Lipinski definition) is 1. The average molecular weight is 182 g/mol. The van der Waals surface area contributed by atoms with Crippen molar-refractivity contribution < 1.29 is 5.11 Å². The lowest BCUT2D eigenvalue weighted by molar-refractivity contribution is 0.0177. The van der Waals surface area contributed by atoms with E-state index in [9.17, 15) is 5.11 Å². The Morgan fingerprint density at radius 3 is 2.46 bits per heavy atom. The minimum atomic E-state index is -0.126. The van der Waals surface area contributed by atoms with E-state index in [-0.39, 0.29) is 11.5 Å². The third-order valence-electron chi connectivity index (χ3n) is 3.15. The van der Waals surface area contributed by atoms with E-state index in [4.69, 9.17) is 0 Å². The molecule has 2 atom stereocenters. The summed E-state index contributed by atoms with van der Waals surface area (Å²) in [6, 6.07) is 0. The van der Waals surface area contributed by atoms with Crippen LogP contribution in [0.15, 0.2) is 11.6 Å². The van der Waals surface area contributed by atoms with Gasteiger partial charge < -0.3 is 5.11 Å². The Labute approximate surface area is 81.9 Å². The zero-order chi connectivity index (χ0) is 10.1. The second kappa shape index (κ2) is 3.83. The van der Waals surface area contributed by atoms with Crippen molar-refractivity contribution in [1.82, 2.24) is 0 Å². The van der Waals surface area contributed by atoms with Crippen LogP contribution < -0.4 is 0 Å². The molecule has 1 fully saturated rings. The van der Waals surface area contributed by atoms with Gasteiger partial charge in [-0.3, -0.25) is 0 Å². The molecule has 1 rings (SSSR count). The summed E-state index contributed by atoms with van der Waals surface area (Å²) in [7, 11) is 0. The summed E-state index contributed by atoms with van der Waals surface area (Å²) in [5.41, 5.74) is 1.59. The molecule has 1 aliphatic carbocycles. The van der Waals surface area contributed by atoms with Crippen molar-refractivity contribution in [2.24, 2.45) is 11.3 Å². The maximum Gasteiger partial charge on any atom is 0.0608 e. The molecule has 13 heavy (non-hydrogen) atoms. The molecule has 1 aliphatic rings. The van der Waals surface area contributed by atoms with Crippen molar-refractivity contribution in [3.8, 4) is 0 Å². The van der Waals surface area contributed by atoms with Crippen LogP contribution in [-0.2, 0) is 0 Å². The molecule has 1 N–H and O–H groups in total. The van der Waals surface area contributed by atoms with Crippen LogP contribution in [-0.4, -0.2) is 11.2 Å². The highest BCUT2D eigenvalue weighted by atomic mass is 16.3. The van der Waals surface area contributed by atoms with Crippen LogP contribution in [0.3, 0.4) is 0 Å². The molecular formula is C12H22O. The molecule has 76 valence electrons. The summed E-state index contributed by atoms with van der Waals surface area (Å²) in [5.74, 6) is 0.353. The molecule has 0 heterocycles. The van der Waals surface area contributed by atoms with Crippen LogP contribution in [0, 0.1) is 11.3 Å². The maximum atomic E-state index is 9.91. The minimum Gasteiger partial charge on any atom is -0.392 e. The zero-order valence-electron chi connectivity index (χ0n) is 9.30. The van der Waals surface area contributed by atoms with E-state index in [2.05, 4.69) is 33.8 Å². The zero-order valence-corrected chi connectivity index (χ0v) is 9.30. The van der Waals surface area contributed by atoms with Gasteiger partial charge in [-0.1, -0.05) is 31.9 Å². The van der Waals surface area contributed by atoms with E-state index < -0.39 is 0 Å². The topological polar surface area (TPSA) is 20.2 Å². The van der Waals surface area contributed by atoms with Crippen molar-refractivity contribution >= 4 is 0 Å². The molecule has 0 aromatic rings. The SMILES string of the molecule is CC(C)=CC1C(O)CCCC1(C)C. The largest absolute Gasteiger partial charge is 0.392 e. The first-order valence-corrected chi connectivity index (χ1v) is 5.26. The highest BCUT2D eigenvalue weighted by Gasteiger charge is 2.36. The van der Waals surface area contributed by atoms with Crippen LogP contribution in [0.2, 0.25) is 0 Å². The monoisotopic (exact) mass is 182 g/mol. The van der Waals surface area contributed by atoms with Crippen molar-refractivity contribution in [2.75, 3.05) is 0 Å². The Kier molecular flexibility index (Phi) is 3.18. The summed E-state index contributed by atoms with van der Waals surface area (Å²) in [6.07, 6.45) is 5.49. The lowest BCUT2D eigenvalue weighted by Gasteiger charge is -2.40. The van der Waals surface area contributed by atoms with E-state index >= 15 is 0 Å². The Bertz CT molecular complexity index is 199. The van der Waals surface area contributed by atoms with E-state index in [0.717, 1.165) is 6.42 Å². The van der Waals surface area contributed by atoms with Crippen LogP contribution in [0.4, 0.5) is 0 Å². The van der Waals surface area contributed by atoms with Gasteiger partial charge >= 0.3 is 0 Å². The van der Waals surface area contributed by atoms with Gasteiger partial charge in [-0.15, -0.1) is 0 Å². The molecule has 0 spiro atoms. The lowest BCUT2D eigenvalue weighted by Crippen LogP contribution is -2.37. The number of aliphatic hydroxyl groups excluding tert-OH is 1. The highest BCUT2D eigenvalue weighted by molar-refractivity contribution is 5.05. The third-order valence-corrected chi connectivity index (χ3v) is 3.15. The van der Waals surface area contributed by atoms with E-state index in [1.807, 2.05) is 0 Å². The molecular weight excluding hydrogens is 160 g/mol. The van der Waals surface area contributed by atoms with Gasteiger partial charge in [0, 0.05) is 5.92 Å². The number of allylic oxidation sites excluding steroid dienone is 1. The summed E-state index contributed by atoms with van der Waals surface area (Å²) < 4.78 is 0. The fourth-order valence-electron chi connectivity index (χ4n) is 2.33. The first-order chi connectivity index (χ1) is 5.93. The van der Waals surface area contributed by atoms with Crippen molar-refractivity contribution in [3.63, 3.8) is 0 Å². The summed E-state index contributed by atoms with van der Waals surface area (Å²) in [4.78, 5) is 0. The summed E-state index contributed by atoms with van der Waals surface area (Å²) in [5, 5.41) is 9.91. The predicted molar refractivity (Wildman–Crippen MR) is 56.6 cm³/mol. The molecule has 0 aliphatic heterocycles. The van der Waals surface area contributed by atoms with Gasteiger partial charge in [0.05, 0.1) is 6.10 Å². The Balaban J connectivity index is 2.81. The standard InChI is InChI=1S/C12H22O/c1-9(2)8-10-11(13)6-5-7-12(10,3)4/h8,10-11,13H,5-7H2,1-4H3. The second-order valence-corrected chi connectivity index (χ2v) is 5.22. The van der Waals surface area contributed by atoms with Crippen molar-refractivity contribution in [2.45, 2.75) is 53.1 Å². The van der Waals surface area contributed by atoms with E-state index in [1.54, 1.807) is 0 Å². The Morgan fingerprint density at radius 1 is 1.38 bits per heavy atom. The van der Waals surface area contributed by atoms with Crippen LogP contribution >= 0.6 is 0 Å². The number of aliphatic hydroxyl groups is 1. The van der Waals surface area contributed by atoms with Gasteiger partial charge in [-0.05, 0) is 32.1 Å². The van der Waals surface area contributed by atoms with E-state index in [0.29, 0.717) is 5.92 Å². The molecule has 0 amide bonds. The van der Waals surface area contributed by atoms with E-state index in [1.165, 1.54) is 18.4 Å². The van der Waals surface area contributed by atoms with Gasteiger partial charge in [0.1, 0.15) is 0 Å². The van der Waals surface area contributed by atoms with Crippen molar-refractivity contribution in [3.05, 3.63) is 11.6 Å². The Hall–Kier alpha value is -0.300. The third kappa shape index (κ3) is 2.57. The van der Waals surface area contributed by atoms with Crippen molar-refractivity contribution in [1.29, 1.82) is 0 Å². The molecule has 0 radical (unpaired) electrons.